The maximum absolute atomic E-state index is 12.0. The summed E-state index contributed by atoms with van der Waals surface area (Å²) in [5, 5.41) is 3.02. The third-order valence-corrected chi connectivity index (χ3v) is 6.13. The van der Waals surface area contributed by atoms with Gasteiger partial charge in [0.15, 0.2) is 0 Å². The molecule has 1 saturated heterocycles. The Hall–Kier alpha value is -1.85. The molecule has 1 amide bonds. The third-order valence-electron chi connectivity index (χ3n) is 5.64. The molecule has 176 valence electrons. The van der Waals surface area contributed by atoms with Crippen molar-refractivity contribution in [3.05, 3.63) is 58.6 Å². The smallest absolute Gasteiger partial charge is 0.226 e. The fourth-order valence-corrected chi connectivity index (χ4v) is 4.27. The second kappa shape index (κ2) is 13.6. The first-order valence-corrected chi connectivity index (χ1v) is 12.7. The van der Waals surface area contributed by atoms with Crippen LogP contribution in [0.4, 0.5) is 5.69 Å². The normalized spacial score (nSPS) is 15.6. The fourth-order valence-electron chi connectivity index (χ4n) is 3.89. The molecule has 32 heavy (non-hydrogen) atoms. The minimum Gasteiger partial charge on any atom is -0.493 e. The number of piperidine rings is 1. The van der Waals surface area contributed by atoms with E-state index >= 15 is 0 Å². The lowest BCUT2D eigenvalue weighted by molar-refractivity contribution is -0.118. The van der Waals surface area contributed by atoms with E-state index in [1.165, 1.54) is 5.56 Å². The van der Waals surface area contributed by atoms with Crippen LogP contribution < -0.4 is 10.1 Å². The number of halogens is 1. The minimum atomic E-state index is -0.00808. The second-order valence-corrected chi connectivity index (χ2v) is 9.63. The molecule has 0 radical (unpaired) electrons. The highest BCUT2D eigenvalue weighted by molar-refractivity contribution is 9.10. The summed E-state index contributed by atoms with van der Waals surface area (Å²) in [6, 6.07) is 16.4. The summed E-state index contributed by atoms with van der Waals surface area (Å²) in [6.07, 6.45) is 2.31. The van der Waals surface area contributed by atoms with Crippen molar-refractivity contribution in [3.8, 4) is 5.75 Å². The molecule has 1 fully saturated rings. The number of nitrogens with one attached hydrogen (secondary N) is 1. The van der Waals surface area contributed by atoms with Crippen molar-refractivity contribution in [2.24, 2.45) is 11.8 Å². The first-order chi connectivity index (χ1) is 15.4. The number of amides is 1. The largest absolute Gasteiger partial charge is 0.493 e. The lowest BCUT2D eigenvalue weighted by Gasteiger charge is -2.33. The van der Waals surface area contributed by atoms with Gasteiger partial charge in [-0.25, -0.2) is 0 Å². The van der Waals surface area contributed by atoms with Crippen LogP contribution in [0, 0.1) is 11.8 Å². The van der Waals surface area contributed by atoms with Gasteiger partial charge in [0.2, 0.25) is 5.91 Å². The molecule has 1 unspecified atom stereocenters. The van der Waals surface area contributed by atoms with Crippen molar-refractivity contribution in [2.75, 3.05) is 31.6 Å². The summed E-state index contributed by atoms with van der Waals surface area (Å²) in [4.78, 5) is 14.5. The SMILES string of the molecule is CC.CC(COc1cccc(Br)c1)CN1CCC(c2cccc(NC(=O)C(C)C)c2)CC1. The second-order valence-electron chi connectivity index (χ2n) is 8.72. The van der Waals surface area contributed by atoms with Crippen LogP contribution in [-0.4, -0.2) is 37.0 Å². The van der Waals surface area contributed by atoms with Crippen LogP contribution >= 0.6 is 15.9 Å². The minimum absolute atomic E-state index is 0.00808. The Morgan fingerprint density at radius 3 is 2.44 bits per heavy atom. The van der Waals surface area contributed by atoms with Gasteiger partial charge in [0, 0.05) is 28.5 Å². The van der Waals surface area contributed by atoms with E-state index in [9.17, 15) is 4.79 Å². The van der Waals surface area contributed by atoms with E-state index in [1.807, 2.05) is 58.0 Å². The van der Waals surface area contributed by atoms with Gasteiger partial charge in [-0.2, -0.15) is 0 Å². The molecule has 1 aliphatic rings. The number of likely N-dealkylation sites (tertiary alicyclic amines) is 1. The predicted molar refractivity (Wildman–Crippen MR) is 138 cm³/mol. The van der Waals surface area contributed by atoms with E-state index in [4.69, 9.17) is 4.74 Å². The molecule has 1 atom stereocenters. The van der Waals surface area contributed by atoms with E-state index in [-0.39, 0.29) is 11.8 Å². The number of carbonyl (C=O) groups is 1. The van der Waals surface area contributed by atoms with Crippen LogP contribution in [0.1, 0.15) is 58.9 Å². The summed E-state index contributed by atoms with van der Waals surface area (Å²) in [7, 11) is 0. The molecule has 0 spiro atoms. The average molecular weight is 504 g/mol. The van der Waals surface area contributed by atoms with Crippen LogP contribution in [0.2, 0.25) is 0 Å². The zero-order valence-electron chi connectivity index (χ0n) is 20.2. The van der Waals surface area contributed by atoms with Crippen molar-refractivity contribution in [3.63, 3.8) is 0 Å². The maximum atomic E-state index is 12.0. The molecular weight excluding hydrogens is 464 g/mol. The average Bonchev–Trinajstić information content (AvgIpc) is 2.80. The maximum Gasteiger partial charge on any atom is 0.226 e. The molecule has 0 aliphatic carbocycles. The standard InChI is InChI=1S/C25H33BrN2O2.C2H6/c1-18(2)25(29)27-23-8-4-6-21(14-23)20-10-12-28(13-11-20)16-19(3)17-30-24-9-5-7-22(26)15-24;1-2/h4-9,14-15,18-20H,10-13,16-17H2,1-3H3,(H,27,29);1-2H3. The molecule has 1 aliphatic heterocycles. The summed E-state index contributed by atoms with van der Waals surface area (Å²) < 4.78 is 7.00. The van der Waals surface area contributed by atoms with Gasteiger partial charge in [0.1, 0.15) is 5.75 Å². The van der Waals surface area contributed by atoms with E-state index in [2.05, 4.69) is 51.3 Å². The number of anilines is 1. The Morgan fingerprint density at radius 1 is 1.09 bits per heavy atom. The zero-order valence-corrected chi connectivity index (χ0v) is 21.8. The Kier molecular flexibility index (Phi) is 11.3. The van der Waals surface area contributed by atoms with Crippen LogP contribution in [0.15, 0.2) is 53.0 Å². The third kappa shape index (κ3) is 8.59. The van der Waals surface area contributed by atoms with E-state index in [0.717, 1.165) is 55.0 Å². The van der Waals surface area contributed by atoms with Gasteiger partial charge in [0.25, 0.3) is 0 Å². The number of hydrogen-bond donors (Lipinski definition) is 1. The van der Waals surface area contributed by atoms with Gasteiger partial charge in [-0.15, -0.1) is 0 Å². The van der Waals surface area contributed by atoms with Crippen LogP contribution in [0.3, 0.4) is 0 Å². The molecule has 5 heteroatoms. The van der Waals surface area contributed by atoms with Crippen molar-refractivity contribution >= 4 is 27.5 Å². The van der Waals surface area contributed by atoms with Crippen LogP contribution in [-0.2, 0) is 4.79 Å². The Labute approximate surface area is 202 Å². The molecule has 0 aromatic heterocycles. The fraction of sp³-hybridized carbons (Fsp3) is 0.519. The lowest BCUT2D eigenvalue weighted by atomic mass is 9.89. The molecule has 1 N–H and O–H groups in total. The van der Waals surface area contributed by atoms with Crippen molar-refractivity contribution in [1.82, 2.24) is 4.90 Å². The molecule has 2 aromatic carbocycles. The van der Waals surface area contributed by atoms with Gasteiger partial charge in [-0.05, 0) is 67.7 Å². The first kappa shape index (κ1) is 26.4. The van der Waals surface area contributed by atoms with Gasteiger partial charge < -0.3 is 15.0 Å². The van der Waals surface area contributed by atoms with Gasteiger partial charge >= 0.3 is 0 Å². The van der Waals surface area contributed by atoms with Crippen molar-refractivity contribution in [2.45, 2.75) is 53.4 Å². The van der Waals surface area contributed by atoms with Crippen molar-refractivity contribution < 1.29 is 9.53 Å². The summed E-state index contributed by atoms with van der Waals surface area (Å²) in [5.74, 6) is 2.02. The molecular formula is C27H39BrN2O2. The number of nitrogens with zero attached hydrogens (tertiary/aromatic N) is 1. The molecule has 3 rings (SSSR count). The van der Waals surface area contributed by atoms with Gasteiger partial charge in [-0.1, -0.05) is 68.7 Å². The number of benzene rings is 2. The highest BCUT2D eigenvalue weighted by atomic mass is 79.9. The molecule has 0 saturated carbocycles. The first-order valence-electron chi connectivity index (χ1n) is 11.9. The summed E-state index contributed by atoms with van der Waals surface area (Å²) in [6.45, 7) is 14.1. The van der Waals surface area contributed by atoms with Crippen LogP contribution in [0.25, 0.3) is 0 Å². The lowest BCUT2D eigenvalue weighted by Crippen LogP contribution is -2.37. The van der Waals surface area contributed by atoms with E-state index in [0.29, 0.717) is 11.8 Å². The van der Waals surface area contributed by atoms with Crippen LogP contribution in [0.5, 0.6) is 5.75 Å². The Balaban J connectivity index is 0.00000176. The van der Waals surface area contributed by atoms with Crippen molar-refractivity contribution in [1.29, 1.82) is 0 Å². The molecule has 0 bridgehead atoms. The summed E-state index contributed by atoms with van der Waals surface area (Å²) >= 11 is 3.49. The van der Waals surface area contributed by atoms with E-state index < -0.39 is 0 Å². The molecule has 2 aromatic rings. The Bertz CT molecular complexity index is 832. The highest BCUT2D eigenvalue weighted by Crippen LogP contribution is 2.30. The quantitative estimate of drug-likeness (QED) is 0.423. The zero-order chi connectivity index (χ0) is 23.5. The Morgan fingerprint density at radius 2 is 1.78 bits per heavy atom. The van der Waals surface area contributed by atoms with E-state index in [1.54, 1.807) is 0 Å². The number of carbonyl (C=O) groups excluding carboxylic acids is 1. The highest BCUT2D eigenvalue weighted by Gasteiger charge is 2.22. The number of ether oxygens (including phenoxy) is 1. The number of rotatable bonds is 8. The molecule has 1 heterocycles. The number of hydrogen-bond acceptors (Lipinski definition) is 3. The van der Waals surface area contributed by atoms with Gasteiger partial charge in [0.05, 0.1) is 6.61 Å². The molecule has 4 nitrogen and oxygen atoms in total. The predicted octanol–water partition coefficient (Wildman–Crippen LogP) is 6.96. The monoisotopic (exact) mass is 502 g/mol. The van der Waals surface area contributed by atoms with Gasteiger partial charge in [-0.3, -0.25) is 4.79 Å². The topological polar surface area (TPSA) is 41.6 Å². The summed E-state index contributed by atoms with van der Waals surface area (Å²) in [5.41, 5.74) is 2.24.